The Labute approximate surface area is 196 Å². The average molecular weight is 456 g/mol. The number of aromatic amines is 2. The Morgan fingerprint density at radius 1 is 1.09 bits per heavy atom. The zero-order valence-electron chi connectivity index (χ0n) is 18.8. The number of ether oxygens (including phenoxy) is 1. The van der Waals surface area contributed by atoms with Gasteiger partial charge in [-0.3, -0.25) is 14.4 Å². The third-order valence-corrected chi connectivity index (χ3v) is 6.48. The molecule has 2 aromatic carbocycles. The molecule has 1 atom stereocenters. The summed E-state index contributed by atoms with van der Waals surface area (Å²) in [6.45, 7) is 0.275. The Kier molecular flexibility index (Phi) is 5.76. The van der Waals surface area contributed by atoms with Crippen LogP contribution < -0.4 is 15.6 Å². The maximum absolute atomic E-state index is 13.1. The molecule has 5 rings (SSSR count). The number of fused-ring (bicyclic) bond motifs is 2. The second-order valence-corrected chi connectivity index (χ2v) is 8.51. The highest BCUT2D eigenvalue weighted by Crippen LogP contribution is 2.31. The first-order valence-electron chi connectivity index (χ1n) is 11.3. The summed E-state index contributed by atoms with van der Waals surface area (Å²) in [5.41, 5.74) is 3.59. The van der Waals surface area contributed by atoms with E-state index in [1.54, 1.807) is 7.11 Å². The van der Waals surface area contributed by atoms with Gasteiger partial charge < -0.3 is 20.0 Å². The number of Topliss-reactive ketones (excluding diaryl/α,β-unsaturated/α-hetero) is 1. The Hall–Kier alpha value is -4.13. The molecule has 0 aliphatic heterocycles. The van der Waals surface area contributed by atoms with E-state index in [1.165, 1.54) is 6.07 Å². The molecule has 1 aliphatic rings. The summed E-state index contributed by atoms with van der Waals surface area (Å²) < 4.78 is 5.29. The van der Waals surface area contributed by atoms with Gasteiger partial charge in [0.2, 0.25) is 0 Å². The molecule has 1 unspecified atom stereocenters. The third-order valence-electron chi connectivity index (χ3n) is 6.48. The van der Waals surface area contributed by atoms with E-state index >= 15 is 0 Å². The predicted molar refractivity (Wildman–Crippen MR) is 130 cm³/mol. The summed E-state index contributed by atoms with van der Waals surface area (Å²) in [4.78, 5) is 44.0. The first-order chi connectivity index (χ1) is 16.5. The number of amides is 1. The minimum absolute atomic E-state index is 0.0403. The Balaban J connectivity index is 1.46. The van der Waals surface area contributed by atoms with Crippen molar-refractivity contribution >= 4 is 22.6 Å². The van der Waals surface area contributed by atoms with Gasteiger partial charge in [0.1, 0.15) is 11.3 Å². The number of nitrogens with one attached hydrogen (secondary N) is 3. The zero-order valence-corrected chi connectivity index (χ0v) is 18.8. The molecule has 2 heterocycles. The normalized spacial score (nSPS) is 14.0. The van der Waals surface area contributed by atoms with Crippen LogP contribution in [0.5, 0.6) is 5.75 Å². The number of aryl methyl sites for hydroxylation is 1. The molecule has 3 N–H and O–H groups in total. The number of para-hydroxylation sites is 1. The van der Waals surface area contributed by atoms with Crippen molar-refractivity contribution in [3.8, 4) is 5.75 Å². The number of aromatic nitrogens is 2. The number of carbonyl (C=O) groups excluding carboxylic acids is 2. The van der Waals surface area contributed by atoms with Gasteiger partial charge in [-0.05, 0) is 48.2 Å². The Morgan fingerprint density at radius 3 is 2.68 bits per heavy atom. The van der Waals surface area contributed by atoms with Crippen LogP contribution in [0.4, 0.5) is 0 Å². The minimum atomic E-state index is -0.499. The molecule has 0 radical (unpaired) electrons. The Morgan fingerprint density at radius 2 is 1.88 bits per heavy atom. The van der Waals surface area contributed by atoms with Gasteiger partial charge in [-0.1, -0.05) is 30.3 Å². The monoisotopic (exact) mass is 455 g/mol. The van der Waals surface area contributed by atoms with Crippen molar-refractivity contribution in [3.05, 3.63) is 99.1 Å². The molecule has 0 bridgehead atoms. The number of pyridine rings is 1. The van der Waals surface area contributed by atoms with Gasteiger partial charge in [-0.25, -0.2) is 0 Å². The topological polar surface area (TPSA) is 104 Å². The predicted octanol–water partition coefficient (Wildman–Crippen LogP) is 3.95. The van der Waals surface area contributed by atoms with Gasteiger partial charge in [-0.15, -0.1) is 0 Å². The number of hydrogen-bond acceptors (Lipinski definition) is 4. The Bertz CT molecular complexity index is 1430. The summed E-state index contributed by atoms with van der Waals surface area (Å²) in [6, 6.07) is 17.2. The fourth-order valence-electron chi connectivity index (χ4n) is 4.66. The summed E-state index contributed by atoms with van der Waals surface area (Å²) in [5, 5.41) is 3.99. The van der Waals surface area contributed by atoms with Crippen LogP contribution in [-0.2, 0) is 6.42 Å². The van der Waals surface area contributed by atoms with E-state index < -0.39 is 11.5 Å². The van der Waals surface area contributed by atoms with Crippen molar-refractivity contribution in [3.63, 3.8) is 0 Å². The fraction of sp³-hybridized carbons (Fsp3) is 0.222. The first kappa shape index (κ1) is 21.7. The smallest absolute Gasteiger partial charge is 0.261 e. The van der Waals surface area contributed by atoms with Crippen LogP contribution in [0.2, 0.25) is 0 Å². The highest BCUT2D eigenvalue weighted by Gasteiger charge is 2.24. The van der Waals surface area contributed by atoms with Gasteiger partial charge in [0.25, 0.3) is 11.5 Å². The molecule has 1 amide bonds. The van der Waals surface area contributed by atoms with E-state index in [1.807, 2.05) is 54.7 Å². The van der Waals surface area contributed by atoms with Crippen molar-refractivity contribution in [1.82, 2.24) is 15.3 Å². The van der Waals surface area contributed by atoms with E-state index in [0.717, 1.165) is 27.8 Å². The highest BCUT2D eigenvalue weighted by atomic mass is 16.5. The first-order valence-corrected chi connectivity index (χ1v) is 11.3. The maximum Gasteiger partial charge on any atom is 0.261 e. The van der Waals surface area contributed by atoms with Crippen LogP contribution >= 0.6 is 0 Å². The van der Waals surface area contributed by atoms with E-state index in [0.29, 0.717) is 30.5 Å². The number of H-pyrrole nitrogens is 2. The van der Waals surface area contributed by atoms with Crippen LogP contribution in [0, 0.1) is 0 Å². The van der Waals surface area contributed by atoms with Crippen LogP contribution in [0.3, 0.4) is 0 Å². The molecule has 4 aromatic rings. The van der Waals surface area contributed by atoms with Crippen molar-refractivity contribution in [2.45, 2.75) is 25.2 Å². The van der Waals surface area contributed by atoms with E-state index in [4.69, 9.17) is 4.74 Å². The van der Waals surface area contributed by atoms with Crippen LogP contribution in [0.25, 0.3) is 10.9 Å². The molecule has 34 heavy (non-hydrogen) atoms. The van der Waals surface area contributed by atoms with Gasteiger partial charge in [0.05, 0.1) is 7.11 Å². The van der Waals surface area contributed by atoms with Gasteiger partial charge >= 0.3 is 0 Å². The SMILES string of the molecule is COc1ccc(C(CNC(=O)c2cc3c([nH]c2=O)CCCC3=O)c2c[nH]c3ccccc23)cc1. The van der Waals surface area contributed by atoms with Crippen LogP contribution in [0.15, 0.2) is 65.6 Å². The maximum atomic E-state index is 13.1. The standard InChI is InChI=1S/C27H25N3O4/c1-34-17-11-9-16(10-12-17)21(22-15-28-23-6-3-2-5-18(22)23)14-29-26(32)20-13-19-24(30-27(20)33)7-4-8-25(19)31/h2-3,5-6,9-13,15,21,28H,4,7-8,14H2,1H3,(H,29,32)(H,30,33). The second kappa shape index (κ2) is 9.02. The van der Waals surface area contributed by atoms with Gasteiger partial charge in [0.15, 0.2) is 5.78 Å². The molecule has 2 aromatic heterocycles. The number of methoxy groups -OCH3 is 1. The molecule has 0 fully saturated rings. The number of ketones is 1. The van der Waals surface area contributed by atoms with E-state index in [-0.39, 0.29) is 23.8 Å². The molecule has 0 saturated heterocycles. The lowest BCUT2D eigenvalue weighted by Gasteiger charge is -2.19. The lowest BCUT2D eigenvalue weighted by molar-refractivity contribution is 0.0951. The van der Waals surface area contributed by atoms with E-state index in [9.17, 15) is 14.4 Å². The summed E-state index contributed by atoms with van der Waals surface area (Å²) in [6.07, 6.45) is 3.73. The summed E-state index contributed by atoms with van der Waals surface area (Å²) in [7, 11) is 1.62. The highest BCUT2D eigenvalue weighted by molar-refractivity contribution is 6.01. The van der Waals surface area contributed by atoms with Crippen molar-refractivity contribution < 1.29 is 14.3 Å². The molecular formula is C27H25N3O4. The molecule has 7 heteroatoms. The third kappa shape index (κ3) is 4.01. The molecule has 172 valence electrons. The zero-order chi connectivity index (χ0) is 23.7. The average Bonchev–Trinajstić information content (AvgIpc) is 3.28. The number of rotatable bonds is 6. The van der Waals surface area contributed by atoms with Crippen LogP contribution in [-0.4, -0.2) is 35.3 Å². The van der Waals surface area contributed by atoms with Gasteiger partial charge in [-0.2, -0.15) is 0 Å². The molecule has 0 spiro atoms. The molecular weight excluding hydrogens is 430 g/mol. The lowest BCUT2D eigenvalue weighted by atomic mass is 9.90. The number of hydrogen-bond donors (Lipinski definition) is 3. The number of carbonyl (C=O) groups is 2. The van der Waals surface area contributed by atoms with Crippen molar-refractivity contribution in [2.24, 2.45) is 0 Å². The van der Waals surface area contributed by atoms with Crippen molar-refractivity contribution in [2.75, 3.05) is 13.7 Å². The molecule has 1 aliphatic carbocycles. The van der Waals surface area contributed by atoms with Gasteiger partial charge in [0, 0.05) is 47.2 Å². The number of benzene rings is 2. The second-order valence-electron chi connectivity index (χ2n) is 8.51. The summed E-state index contributed by atoms with van der Waals surface area (Å²) in [5.74, 6) is 0.0438. The summed E-state index contributed by atoms with van der Waals surface area (Å²) >= 11 is 0. The minimum Gasteiger partial charge on any atom is -0.497 e. The largest absolute Gasteiger partial charge is 0.497 e. The van der Waals surface area contributed by atoms with Crippen molar-refractivity contribution in [1.29, 1.82) is 0 Å². The van der Waals surface area contributed by atoms with Crippen LogP contribution in [0.1, 0.15) is 56.3 Å². The fourth-order valence-corrected chi connectivity index (χ4v) is 4.66. The molecule has 7 nitrogen and oxygen atoms in total. The quantitative estimate of drug-likeness (QED) is 0.410. The molecule has 0 saturated carbocycles. The lowest BCUT2D eigenvalue weighted by Crippen LogP contribution is -2.34. The van der Waals surface area contributed by atoms with E-state index in [2.05, 4.69) is 15.3 Å².